The average Bonchev–Trinajstić information content (AvgIpc) is 3.19. The van der Waals surface area contributed by atoms with E-state index in [-0.39, 0.29) is 45.1 Å². The van der Waals surface area contributed by atoms with Crippen LogP contribution in [0.1, 0.15) is 51.4 Å². The Morgan fingerprint density at radius 3 is 1.80 bits per heavy atom. The molecule has 1 N–H and O–H groups in total. The van der Waals surface area contributed by atoms with Crippen LogP contribution in [-0.4, -0.2) is 72.0 Å². The number of amides is 5. The van der Waals surface area contributed by atoms with Gasteiger partial charge in [0, 0.05) is 45.3 Å². The second kappa shape index (κ2) is 12.0. The molecule has 0 bridgehead atoms. The summed E-state index contributed by atoms with van der Waals surface area (Å²) < 4.78 is 10.6. The van der Waals surface area contributed by atoms with Crippen LogP contribution in [0.3, 0.4) is 0 Å². The first-order valence-electron chi connectivity index (χ1n) is 9.76. The number of hydrogen-bond donors (Lipinski definition) is 1. The summed E-state index contributed by atoms with van der Waals surface area (Å²) in [5.41, 5.74) is 2.28. The van der Waals surface area contributed by atoms with Crippen LogP contribution in [0.15, 0.2) is 0 Å². The van der Waals surface area contributed by atoms with Crippen molar-refractivity contribution >= 4 is 35.5 Å². The van der Waals surface area contributed by atoms with Crippen LogP contribution in [0.4, 0.5) is 0 Å². The smallest absolute Gasteiger partial charge is 0.333 e. The van der Waals surface area contributed by atoms with Gasteiger partial charge in [0.2, 0.25) is 17.7 Å². The van der Waals surface area contributed by atoms with Crippen molar-refractivity contribution in [2.24, 2.45) is 0 Å². The first-order chi connectivity index (χ1) is 14.4. The van der Waals surface area contributed by atoms with Crippen molar-refractivity contribution in [3.05, 3.63) is 0 Å². The number of nitrogens with zero attached hydrogens (tertiary/aromatic N) is 2. The fourth-order valence-corrected chi connectivity index (χ4v) is 2.66. The Balaban J connectivity index is 1.39. The molecular formula is C18H25N3O9. The van der Waals surface area contributed by atoms with Gasteiger partial charge in [-0.05, 0) is 12.8 Å². The summed E-state index contributed by atoms with van der Waals surface area (Å²) in [7, 11) is 0. The summed E-state index contributed by atoms with van der Waals surface area (Å²) in [6, 6.07) is 0. The third-order valence-corrected chi connectivity index (χ3v) is 4.22. The fraction of sp³-hybridized carbons (Fsp3) is 0.667. The molecule has 2 aliphatic rings. The van der Waals surface area contributed by atoms with E-state index < -0.39 is 35.5 Å². The molecule has 2 fully saturated rings. The van der Waals surface area contributed by atoms with Gasteiger partial charge in [0.25, 0.3) is 11.8 Å². The first-order valence-corrected chi connectivity index (χ1v) is 9.76. The van der Waals surface area contributed by atoms with E-state index in [0.717, 1.165) is 5.01 Å². The number of imide groups is 2. The number of hydrogen-bond acceptors (Lipinski definition) is 9. The predicted octanol–water partition coefficient (Wildman–Crippen LogP) is -0.633. The summed E-state index contributed by atoms with van der Waals surface area (Å²) in [5.74, 6) is -2.95. The molecule has 0 atom stereocenters. The number of hydroxylamine groups is 2. The molecule has 0 aliphatic carbocycles. The molecule has 0 radical (unpaired) electrons. The molecule has 2 saturated heterocycles. The van der Waals surface area contributed by atoms with Crippen LogP contribution in [0, 0.1) is 0 Å². The van der Waals surface area contributed by atoms with Gasteiger partial charge >= 0.3 is 5.97 Å². The van der Waals surface area contributed by atoms with E-state index in [1.54, 1.807) is 0 Å². The van der Waals surface area contributed by atoms with Crippen LogP contribution >= 0.6 is 0 Å². The molecule has 0 saturated carbocycles. The molecule has 0 aromatic heterocycles. The maximum atomic E-state index is 11.7. The zero-order valence-corrected chi connectivity index (χ0v) is 16.6. The standard InChI is InChI=1S/C18H25N3O9/c22-13(19-20-14(23)5-6-15(20)24)3-1-9-28-11-12-29-10-2-4-18(27)30-21-16(25)7-8-17(21)26/h1-12H2,(H,19,22). The minimum Gasteiger partial charge on any atom is -0.379 e. The van der Waals surface area contributed by atoms with E-state index in [1.165, 1.54) is 0 Å². The van der Waals surface area contributed by atoms with E-state index >= 15 is 0 Å². The number of carbonyl (C=O) groups is 6. The van der Waals surface area contributed by atoms with Gasteiger partial charge in [0.1, 0.15) is 0 Å². The largest absolute Gasteiger partial charge is 0.379 e. The summed E-state index contributed by atoms with van der Waals surface area (Å²) in [6.07, 6.45) is 1.24. The Morgan fingerprint density at radius 2 is 1.23 bits per heavy atom. The lowest BCUT2D eigenvalue weighted by molar-refractivity contribution is -0.197. The van der Waals surface area contributed by atoms with E-state index in [9.17, 15) is 28.8 Å². The second-order valence-electron chi connectivity index (χ2n) is 6.63. The van der Waals surface area contributed by atoms with Crippen molar-refractivity contribution < 1.29 is 43.1 Å². The summed E-state index contributed by atoms with van der Waals surface area (Å²) in [4.78, 5) is 73.4. The van der Waals surface area contributed by atoms with Crippen LogP contribution < -0.4 is 5.43 Å². The maximum absolute atomic E-state index is 11.7. The molecular weight excluding hydrogens is 402 g/mol. The number of carbonyl (C=O) groups excluding carboxylic acids is 6. The van der Waals surface area contributed by atoms with E-state index in [0.29, 0.717) is 37.7 Å². The Kier molecular flexibility index (Phi) is 9.35. The van der Waals surface area contributed by atoms with Crippen molar-refractivity contribution in [3.8, 4) is 0 Å². The minimum absolute atomic E-state index is 0.00898. The SMILES string of the molecule is O=C(CCCOCCOCCCC(=O)ON1C(=O)CCC1=O)NN1C(=O)CCC1=O. The molecule has 0 spiro atoms. The van der Waals surface area contributed by atoms with Crippen molar-refractivity contribution in [2.45, 2.75) is 51.4 Å². The fourth-order valence-electron chi connectivity index (χ4n) is 2.66. The highest BCUT2D eigenvalue weighted by Gasteiger charge is 2.32. The number of hydrazine groups is 1. The van der Waals surface area contributed by atoms with Gasteiger partial charge in [0.05, 0.1) is 19.6 Å². The average molecular weight is 427 g/mol. The van der Waals surface area contributed by atoms with Gasteiger partial charge < -0.3 is 14.3 Å². The summed E-state index contributed by atoms with van der Waals surface area (Å²) in [5, 5.41) is 1.27. The molecule has 0 aromatic carbocycles. The molecule has 2 heterocycles. The molecule has 5 amide bonds. The molecule has 0 aromatic rings. The minimum atomic E-state index is -0.672. The van der Waals surface area contributed by atoms with Crippen molar-refractivity contribution in [1.82, 2.24) is 15.5 Å². The van der Waals surface area contributed by atoms with Crippen molar-refractivity contribution in [2.75, 3.05) is 26.4 Å². The van der Waals surface area contributed by atoms with Gasteiger partial charge in [-0.25, -0.2) is 4.79 Å². The second-order valence-corrected chi connectivity index (χ2v) is 6.63. The monoisotopic (exact) mass is 427 g/mol. The molecule has 30 heavy (non-hydrogen) atoms. The Morgan fingerprint density at radius 1 is 0.733 bits per heavy atom. The Bertz CT molecular complexity index is 604. The topological polar surface area (TPSA) is 149 Å². The number of nitrogens with one attached hydrogen (secondary N) is 1. The summed E-state index contributed by atoms with van der Waals surface area (Å²) >= 11 is 0. The zero-order chi connectivity index (χ0) is 21.9. The highest BCUT2D eigenvalue weighted by Crippen LogP contribution is 2.13. The molecule has 166 valence electrons. The molecule has 2 aliphatic heterocycles. The first kappa shape index (κ1) is 23.4. The van der Waals surface area contributed by atoms with Gasteiger partial charge in [-0.1, -0.05) is 0 Å². The zero-order valence-electron chi connectivity index (χ0n) is 16.6. The highest BCUT2D eigenvalue weighted by molar-refractivity contribution is 6.03. The number of ether oxygens (including phenoxy) is 2. The predicted molar refractivity (Wildman–Crippen MR) is 96.5 cm³/mol. The quantitative estimate of drug-likeness (QED) is 0.299. The molecule has 0 unspecified atom stereocenters. The van der Waals surface area contributed by atoms with Crippen LogP contribution in [0.5, 0.6) is 0 Å². The van der Waals surface area contributed by atoms with Crippen molar-refractivity contribution in [1.29, 1.82) is 0 Å². The maximum Gasteiger partial charge on any atom is 0.333 e. The summed E-state index contributed by atoms with van der Waals surface area (Å²) in [6.45, 7) is 1.18. The lowest BCUT2D eigenvalue weighted by Gasteiger charge is -2.14. The third kappa shape index (κ3) is 7.52. The van der Waals surface area contributed by atoms with Crippen LogP contribution in [0.25, 0.3) is 0 Å². The van der Waals surface area contributed by atoms with E-state index in [4.69, 9.17) is 14.3 Å². The normalized spacial score (nSPS) is 16.5. The van der Waals surface area contributed by atoms with Crippen LogP contribution in [0.2, 0.25) is 0 Å². The molecule has 12 nitrogen and oxygen atoms in total. The lowest BCUT2D eigenvalue weighted by atomic mass is 10.3. The van der Waals surface area contributed by atoms with Gasteiger partial charge in [-0.3, -0.25) is 29.4 Å². The Hall–Kier alpha value is -2.86. The molecule has 12 heteroatoms. The highest BCUT2D eigenvalue weighted by atomic mass is 16.7. The van der Waals surface area contributed by atoms with Crippen LogP contribution in [-0.2, 0) is 43.1 Å². The molecule has 2 rings (SSSR count). The number of rotatable bonds is 13. The van der Waals surface area contributed by atoms with Gasteiger partial charge in [-0.2, -0.15) is 5.01 Å². The lowest BCUT2D eigenvalue weighted by Crippen LogP contribution is -2.45. The van der Waals surface area contributed by atoms with Crippen molar-refractivity contribution in [3.63, 3.8) is 0 Å². The van der Waals surface area contributed by atoms with Gasteiger partial charge in [-0.15, -0.1) is 5.06 Å². The van der Waals surface area contributed by atoms with E-state index in [2.05, 4.69) is 5.43 Å². The van der Waals surface area contributed by atoms with Gasteiger partial charge in [0.15, 0.2) is 0 Å². The van der Waals surface area contributed by atoms with E-state index in [1.807, 2.05) is 0 Å². The third-order valence-electron chi connectivity index (χ3n) is 4.22. The Labute approximate surface area is 172 Å².